The maximum Gasteiger partial charge on any atom is 0.282 e. The monoisotopic (exact) mass is 342 g/mol. The van der Waals surface area contributed by atoms with Gasteiger partial charge in [-0.3, -0.25) is 14.9 Å². The number of aromatic nitrogens is 2. The Morgan fingerprint density at radius 1 is 1.29 bits per heavy atom. The Balaban J connectivity index is 2.10. The molecule has 120 valence electrons. The van der Waals surface area contributed by atoms with Crippen molar-refractivity contribution >= 4 is 34.4 Å². The van der Waals surface area contributed by atoms with Crippen LogP contribution in [0.5, 0.6) is 0 Å². The van der Waals surface area contributed by atoms with Gasteiger partial charge in [-0.25, -0.2) is 4.98 Å². The molecule has 0 saturated heterocycles. The van der Waals surface area contributed by atoms with Gasteiger partial charge in [0.25, 0.3) is 11.2 Å². The summed E-state index contributed by atoms with van der Waals surface area (Å²) in [5, 5.41) is 15.7. The third-order valence-corrected chi connectivity index (χ3v) is 3.76. The normalized spacial score (nSPS) is 11.2. The Morgan fingerprint density at radius 2 is 2.04 bits per heavy atom. The molecule has 0 spiro atoms. The van der Waals surface area contributed by atoms with Crippen LogP contribution in [-0.4, -0.2) is 20.8 Å². The van der Waals surface area contributed by atoms with E-state index >= 15 is 0 Å². The molecule has 0 bridgehead atoms. The number of nitrogens with zero attached hydrogens (tertiary/aromatic N) is 4. The van der Waals surface area contributed by atoms with Gasteiger partial charge in [-0.2, -0.15) is 9.78 Å². The average Bonchev–Trinajstić information content (AvgIpc) is 2.56. The minimum Gasteiger partial charge on any atom is -0.267 e. The smallest absolute Gasteiger partial charge is 0.267 e. The number of para-hydroxylation sites is 1. The number of hydrogen-bond donors (Lipinski definition) is 0. The topological polar surface area (TPSA) is 90.4 Å². The van der Waals surface area contributed by atoms with Gasteiger partial charge in [-0.15, -0.1) is 0 Å². The van der Waals surface area contributed by atoms with Gasteiger partial charge in [0, 0.05) is 22.7 Å². The average molecular weight is 343 g/mol. The van der Waals surface area contributed by atoms with Gasteiger partial charge < -0.3 is 0 Å². The number of hydrogen-bond acceptors (Lipinski definition) is 5. The number of halogens is 1. The Labute approximate surface area is 141 Å². The van der Waals surface area contributed by atoms with Crippen molar-refractivity contribution in [1.82, 2.24) is 9.66 Å². The first-order valence-corrected chi connectivity index (χ1v) is 7.32. The summed E-state index contributed by atoms with van der Waals surface area (Å²) in [6.07, 6.45) is 1.31. The molecule has 7 nitrogen and oxygen atoms in total. The van der Waals surface area contributed by atoms with Crippen molar-refractivity contribution in [2.24, 2.45) is 5.10 Å². The van der Waals surface area contributed by atoms with Gasteiger partial charge in [-0.1, -0.05) is 23.7 Å². The van der Waals surface area contributed by atoms with Crippen LogP contribution in [0.25, 0.3) is 10.9 Å². The lowest BCUT2D eigenvalue weighted by Gasteiger charge is -2.05. The molecule has 0 amide bonds. The van der Waals surface area contributed by atoms with Gasteiger partial charge in [0.15, 0.2) is 0 Å². The van der Waals surface area contributed by atoms with Crippen LogP contribution in [-0.2, 0) is 0 Å². The fourth-order valence-electron chi connectivity index (χ4n) is 2.23. The fourth-order valence-corrected chi connectivity index (χ4v) is 2.40. The summed E-state index contributed by atoms with van der Waals surface area (Å²) in [6, 6.07) is 11.0. The molecular weight excluding hydrogens is 332 g/mol. The van der Waals surface area contributed by atoms with Gasteiger partial charge in [0.05, 0.1) is 22.0 Å². The number of nitro benzene ring substituents is 1. The maximum absolute atomic E-state index is 12.5. The molecule has 2 aromatic carbocycles. The molecule has 0 aliphatic rings. The van der Waals surface area contributed by atoms with E-state index in [1.807, 2.05) is 0 Å². The van der Waals surface area contributed by atoms with Gasteiger partial charge >= 0.3 is 0 Å². The number of aryl methyl sites for hydroxylation is 1. The van der Waals surface area contributed by atoms with Gasteiger partial charge in [0.2, 0.25) is 0 Å². The molecule has 0 unspecified atom stereocenters. The Bertz CT molecular complexity index is 1040. The second kappa shape index (κ2) is 6.21. The summed E-state index contributed by atoms with van der Waals surface area (Å²) in [7, 11) is 0. The molecule has 0 atom stereocenters. The predicted octanol–water partition coefficient (Wildman–Crippen LogP) is 3.15. The van der Waals surface area contributed by atoms with E-state index in [9.17, 15) is 14.9 Å². The second-order valence-corrected chi connectivity index (χ2v) is 5.41. The van der Waals surface area contributed by atoms with E-state index in [0.29, 0.717) is 27.3 Å². The summed E-state index contributed by atoms with van der Waals surface area (Å²) in [6.45, 7) is 1.65. The highest BCUT2D eigenvalue weighted by Gasteiger charge is 2.10. The van der Waals surface area contributed by atoms with Crippen LogP contribution in [0.3, 0.4) is 0 Å². The summed E-state index contributed by atoms with van der Waals surface area (Å²) in [5.74, 6) is 0.400. The Hall–Kier alpha value is -3.06. The summed E-state index contributed by atoms with van der Waals surface area (Å²) < 4.78 is 1.14. The predicted molar refractivity (Wildman–Crippen MR) is 91.8 cm³/mol. The van der Waals surface area contributed by atoms with Crippen molar-refractivity contribution in [1.29, 1.82) is 0 Å². The molecule has 1 aromatic heterocycles. The van der Waals surface area contributed by atoms with Crippen molar-refractivity contribution in [2.45, 2.75) is 6.92 Å². The number of nitro groups is 1. The molecular formula is C16H11ClN4O3. The van der Waals surface area contributed by atoms with Crippen molar-refractivity contribution in [3.63, 3.8) is 0 Å². The zero-order valence-electron chi connectivity index (χ0n) is 12.5. The zero-order valence-corrected chi connectivity index (χ0v) is 13.3. The molecule has 1 heterocycles. The van der Waals surface area contributed by atoms with Gasteiger partial charge in [-0.05, 0) is 25.1 Å². The summed E-state index contributed by atoms with van der Waals surface area (Å²) in [5.41, 5.74) is 0.489. The molecule has 0 radical (unpaired) electrons. The van der Waals surface area contributed by atoms with Crippen LogP contribution >= 0.6 is 11.6 Å². The lowest BCUT2D eigenvalue weighted by Crippen LogP contribution is -2.20. The SMILES string of the molecule is Cc1nc2ccccc2c(=O)n1N=Cc1cc([N+](=O)[O-])ccc1Cl. The fraction of sp³-hybridized carbons (Fsp3) is 0.0625. The largest absolute Gasteiger partial charge is 0.282 e. The molecule has 0 saturated carbocycles. The number of non-ortho nitro benzene ring substituents is 1. The Kier molecular flexibility index (Phi) is 4.09. The highest BCUT2D eigenvalue weighted by atomic mass is 35.5. The highest BCUT2D eigenvalue weighted by molar-refractivity contribution is 6.33. The molecule has 0 aliphatic carbocycles. The van der Waals surface area contributed by atoms with E-state index in [4.69, 9.17) is 11.6 Å². The van der Waals surface area contributed by atoms with Crippen molar-refractivity contribution < 1.29 is 4.92 Å². The third kappa shape index (κ3) is 2.89. The van der Waals surface area contributed by atoms with E-state index in [0.717, 1.165) is 4.68 Å². The number of benzene rings is 2. The molecule has 0 fully saturated rings. The third-order valence-electron chi connectivity index (χ3n) is 3.42. The van der Waals surface area contributed by atoms with E-state index in [1.165, 1.54) is 24.4 Å². The molecule has 24 heavy (non-hydrogen) atoms. The second-order valence-electron chi connectivity index (χ2n) is 5.00. The summed E-state index contributed by atoms with van der Waals surface area (Å²) >= 11 is 6.02. The van der Waals surface area contributed by atoms with Crippen LogP contribution in [0.2, 0.25) is 5.02 Å². The molecule has 0 N–H and O–H groups in total. The first kappa shape index (κ1) is 15.8. The molecule has 8 heteroatoms. The maximum atomic E-state index is 12.5. The van der Waals surface area contributed by atoms with E-state index in [-0.39, 0.29) is 11.2 Å². The summed E-state index contributed by atoms with van der Waals surface area (Å²) in [4.78, 5) is 27.1. The zero-order chi connectivity index (χ0) is 17.3. The Morgan fingerprint density at radius 3 is 2.79 bits per heavy atom. The van der Waals surface area contributed by atoms with Crippen LogP contribution in [0.15, 0.2) is 52.4 Å². The minimum atomic E-state index is -0.525. The molecule has 3 rings (SSSR count). The lowest BCUT2D eigenvalue weighted by atomic mass is 10.2. The first-order chi connectivity index (χ1) is 11.5. The number of rotatable bonds is 3. The first-order valence-electron chi connectivity index (χ1n) is 6.94. The highest BCUT2D eigenvalue weighted by Crippen LogP contribution is 2.20. The number of fused-ring (bicyclic) bond motifs is 1. The standard InChI is InChI=1S/C16H11ClN4O3/c1-10-19-15-5-3-2-4-13(15)16(22)20(10)18-9-11-8-12(21(23)24)6-7-14(11)17/h2-9H,1H3. The van der Waals surface area contributed by atoms with Crippen molar-refractivity contribution in [3.8, 4) is 0 Å². The van der Waals surface area contributed by atoms with Crippen LogP contribution in [0.1, 0.15) is 11.4 Å². The minimum absolute atomic E-state index is 0.110. The van der Waals surface area contributed by atoms with Crippen LogP contribution < -0.4 is 5.56 Å². The van der Waals surface area contributed by atoms with Crippen LogP contribution in [0.4, 0.5) is 5.69 Å². The van der Waals surface area contributed by atoms with Gasteiger partial charge in [0.1, 0.15) is 5.82 Å². The quantitative estimate of drug-likeness (QED) is 0.415. The molecule has 3 aromatic rings. The van der Waals surface area contributed by atoms with Crippen molar-refractivity contribution in [2.75, 3.05) is 0 Å². The van der Waals surface area contributed by atoms with E-state index in [2.05, 4.69) is 10.1 Å². The lowest BCUT2D eigenvalue weighted by molar-refractivity contribution is -0.384. The molecule has 0 aliphatic heterocycles. The van der Waals surface area contributed by atoms with E-state index in [1.54, 1.807) is 31.2 Å². The van der Waals surface area contributed by atoms with Crippen LogP contribution in [0, 0.1) is 17.0 Å². The van der Waals surface area contributed by atoms with E-state index < -0.39 is 4.92 Å². The van der Waals surface area contributed by atoms with Crippen molar-refractivity contribution in [3.05, 3.63) is 79.3 Å².